The third kappa shape index (κ3) is 3.80. The van der Waals surface area contributed by atoms with E-state index in [1.165, 1.54) is 13.2 Å². The lowest BCUT2D eigenvalue weighted by Crippen LogP contribution is -2.23. The normalized spacial score (nSPS) is 11.2. The van der Waals surface area contributed by atoms with Crippen LogP contribution in [0.4, 0.5) is 5.69 Å². The first-order chi connectivity index (χ1) is 12.0. The predicted molar refractivity (Wildman–Crippen MR) is 97.6 cm³/mol. The van der Waals surface area contributed by atoms with E-state index in [2.05, 4.69) is 5.32 Å². The summed E-state index contributed by atoms with van der Waals surface area (Å²) in [5.41, 5.74) is 0.434. The van der Waals surface area contributed by atoms with Crippen molar-refractivity contribution in [1.82, 2.24) is 0 Å². The Bertz CT molecular complexity index is 1030. The van der Waals surface area contributed by atoms with E-state index in [1.54, 1.807) is 36.4 Å². The molecule has 0 radical (unpaired) electrons. The van der Waals surface area contributed by atoms with Crippen molar-refractivity contribution in [3.8, 4) is 5.75 Å². The van der Waals surface area contributed by atoms with Crippen molar-refractivity contribution in [2.24, 2.45) is 0 Å². The summed E-state index contributed by atoms with van der Waals surface area (Å²) in [6.45, 7) is 0. The second kappa shape index (κ2) is 6.94. The summed E-state index contributed by atoms with van der Waals surface area (Å²) in [6.07, 6.45) is 0. The summed E-state index contributed by atoms with van der Waals surface area (Å²) in [4.78, 5) is 12.3. The molecule has 0 aliphatic rings. The molecule has 0 heterocycles. The minimum atomic E-state index is -3.74. The van der Waals surface area contributed by atoms with E-state index in [1.807, 2.05) is 24.3 Å². The van der Waals surface area contributed by atoms with Gasteiger partial charge in [-0.3, -0.25) is 4.79 Å². The smallest absolute Gasteiger partial charge is 0.240 e. The van der Waals surface area contributed by atoms with E-state index in [0.717, 1.165) is 10.8 Å². The number of hydrogen-bond donors (Lipinski definition) is 1. The average Bonchev–Trinajstić information content (AvgIpc) is 2.61. The first-order valence-electron chi connectivity index (χ1n) is 7.64. The lowest BCUT2D eigenvalue weighted by Gasteiger charge is -2.10. The van der Waals surface area contributed by atoms with Crippen LogP contribution in [0.5, 0.6) is 5.75 Å². The maximum absolute atomic E-state index is 12.5. The van der Waals surface area contributed by atoms with E-state index >= 15 is 0 Å². The number of hydrogen-bond acceptors (Lipinski definition) is 4. The molecule has 3 rings (SSSR count). The van der Waals surface area contributed by atoms with Crippen molar-refractivity contribution in [3.05, 3.63) is 66.7 Å². The second-order valence-corrected chi connectivity index (χ2v) is 7.51. The number of nitrogens with one attached hydrogen (secondary N) is 1. The number of carbonyl (C=O) groups excluding carboxylic acids is 1. The Morgan fingerprint density at radius 3 is 2.40 bits per heavy atom. The first kappa shape index (κ1) is 17.0. The molecule has 6 heteroatoms. The van der Waals surface area contributed by atoms with E-state index in [0.29, 0.717) is 11.4 Å². The van der Waals surface area contributed by atoms with Crippen LogP contribution in [-0.4, -0.2) is 27.2 Å². The Labute approximate surface area is 146 Å². The van der Waals surface area contributed by atoms with E-state index in [4.69, 9.17) is 4.74 Å². The lowest BCUT2D eigenvalue weighted by atomic mass is 10.1. The van der Waals surface area contributed by atoms with Crippen molar-refractivity contribution < 1.29 is 17.9 Å². The number of amides is 1. The van der Waals surface area contributed by atoms with Crippen LogP contribution in [-0.2, 0) is 14.6 Å². The second-order valence-electron chi connectivity index (χ2n) is 5.52. The van der Waals surface area contributed by atoms with Crippen LogP contribution in [0.3, 0.4) is 0 Å². The number of para-hydroxylation sites is 2. The van der Waals surface area contributed by atoms with Crippen LogP contribution in [0, 0.1) is 0 Å². The van der Waals surface area contributed by atoms with Crippen molar-refractivity contribution in [1.29, 1.82) is 0 Å². The van der Waals surface area contributed by atoms with Gasteiger partial charge in [-0.15, -0.1) is 0 Å². The minimum absolute atomic E-state index is 0.126. The van der Waals surface area contributed by atoms with Crippen molar-refractivity contribution >= 4 is 32.2 Å². The zero-order valence-corrected chi connectivity index (χ0v) is 14.4. The lowest BCUT2D eigenvalue weighted by molar-refractivity contribution is -0.113. The first-order valence-corrected chi connectivity index (χ1v) is 9.29. The molecule has 0 saturated heterocycles. The van der Waals surface area contributed by atoms with Gasteiger partial charge in [0.25, 0.3) is 0 Å². The summed E-state index contributed by atoms with van der Waals surface area (Å²) in [5, 5.41) is 4.34. The third-order valence-corrected chi connectivity index (χ3v) is 5.40. The molecule has 1 N–H and O–H groups in total. The topological polar surface area (TPSA) is 72.5 Å². The molecular weight excluding hydrogens is 338 g/mol. The highest BCUT2D eigenvalue weighted by atomic mass is 32.2. The molecule has 128 valence electrons. The number of rotatable bonds is 5. The maximum Gasteiger partial charge on any atom is 0.240 e. The molecule has 3 aromatic carbocycles. The molecular formula is C19H17NO4S. The molecule has 3 aromatic rings. The summed E-state index contributed by atoms with van der Waals surface area (Å²) < 4.78 is 30.2. The molecule has 0 aliphatic heterocycles. The Morgan fingerprint density at radius 1 is 0.960 bits per heavy atom. The summed E-state index contributed by atoms with van der Waals surface area (Å²) in [6, 6.07) is 19.1. The number of anilines is 1. The Kier molecular flexibility index (Phi) is 4.72. The molecule has 0 unspecified atom stereocenters. The van der Waals surface area contributed by atoms with Crippen LogP contribution in [0.15, 0.2) is 71.6 Å². The molecule has 5 nitrogen and oxygen atoms in total. The van der Waals surface area contributed by atoms with Gasteiger partial charge in [0.1, 0.15) is 11.5 Å². The predicted octanol–water partition coefficient (Wildman–Crippen LogP) is 3.26. The SMILES string of the molecule is COc1ccccc1NC(=O)CS(=O)(=O)c1ccc2ccccc2c1. The van der Waals surface area contributed by atoms with Crippen LogP contribution >= 0.6 is 0 Å². The fourth-order valence-corrected chi connectivity index (χ4v) is 3.72. The number of methoxy groups -OCH3 is 1. The summed E-state index contributed by atoms with van der Waals surface area (Å²) >= 11 is 0. The van der Waals surface area contributed by atoms with Gasteiger partial charge in [0.2, 0.25) is 5.91 Å². The van der Waals surface area contributed by atoms with Gasteiger partial charge >= 0.3 is 0 Å². The fourth-order valence-electron chi connectivity index (χ4n) is 2.55. The molecule has 0 fully saturated rings. The van der Waals surface area contributed by atoms with Gasteiger partial charge in [-0.1, -0.05) is 42.5 Å². The molecule has 0 aliphatic carbocycles. The highest BCUT2D eigenvalue weighted by Gasteiger charge is 2.20. The fraction of sp³-hybridized carbons (Fsp3) is 0.105. The molecule has 0 bridgehead atoms. The quantitative estimate of drug-likeness (QED) is 0.762. The number of ether oxygens (including phenoxy) is 1. The number of benzene rings is 3. The van der Waals surface area contributed by atoms with Crippen LogP contribution in [0.2, 0.25) is 0 Å². The van der Waals surface area contributed by atoms with Gasteiger partial charge in [-0.2, -0.15) is 0 Å². The van der Waals surface area contributed by atoms with Gasteiger partial charge in [0.05, 0.1) is 17.7 Å². The summed E-state index contributed by atoms with van der Waals surface area (Å²) in [5.74, 6) is -0.778. The monoisotopic (exact) mass is 355 g/mol. The van der Waals surface area contributed by atoms with Crippen LogP contribution < -0.4 is 10.1 Å². The minimum Gasteiger partial charge on any atom is -0.495 e. The van der Waals surface area contributed by atoms with E-state index in [9.17, 15) is 13.2 Å². The Hall–Kier alpha value is -2.86. The maximum atomic E-state index is 12.5. The van der Waals surface area contributed by atoms with Gasteiger partial charge in [0, 0.05) is 0 Å². The molecule has 0 saturated carbocycles. The van der Waals surface area contributed by atoms with E-state index in [-0.39, 0.29) is 4.90 Å². The average molecular weight is 355 g/mol. The van der Waals surface area contributed by atoms with Crippen LogP contribution in [0.25, 0.3) is 10.8 Å². The van der Waals surface area contributed by atoms with Crippen LogP contribution in [0.1, 0.15) is 0 Å². The third-order valence-electron chi connectivity index (χ3n) is 3.78. The largest absolute Gasteiger partial charge is 0.495 e. The number of sulfone groups is 1. The van der Waals surface area contributed by atoms with Crippen molar-refractivity contribution in [2.75, 3.05) is 18.2 Å². The van der Waals surface area contributed by atoms with E-state index < -0.39 is 21.5 Å². The molecule has 25 heavy (non-hydrogen) atoms. The Balaban J connectivity index is 1.81. The van der Waals surface area contributed by atoms with Gasteiger partial charge in [0.15, 0.2) is 9.84 Å². The number of carbonyl (C=O) groups is 1. The number of fused-ring (bicyclic) bond motifs is 1. The zero-order chi connectivity index (χ0) is 17.9. The standard InChI is InChI=1S/C19H17NO4S/c1-24-18-9-5-4-8-17(18)20-19(21)13-25(22,23)16-11-10-14-6-2-3-7-15(14)12-16/h2-12H,13H2,1H3,(H,20,21). The van der Waals surface area contributed by atoms with Gasteiger partial charge in [-0.25, -0.2) is 8.42 Å². The molecule has 0 atom stereocenters. The van der Waals surface area contributed by atoms with Crippen molar-refractivity contribution in [2.45, 2.75) is 4.90 Å². The molecule has 0 aromatic heterocycles. The zero-order valence-electron chi connectivity index (χ0n) is 13.6. The summed E-state index contributed by atoms with van der Waals surface area (Å²) in [7, 11) is -2.26. The van der Waals surface area contributed by atoms with Gasteiger partial charge < -0.3 is 10.1 Å². The highest BCUT2D eigenvalue weighted by Crippen LogP contribution is 2.24. The molecule has 0 spiro atoms. The highest BCUT2D eigenvalue weighted by molar-refractivity contribution is 7.92. The van der Waals surface area contributed by atoms with Gasteiger partial charge in [-0.05, 0) is 35.0 Å². The molecule has 1 amide bonds. The van der Waals surface area contributed by atoms with Crippen molar-refractivity contribution in [3.63, 3.8) is 0 Å². The Morgan fingerprint density at radius 2 is 1.64 bits per heavy atom.